The molecule has 0 amide bonds. The number of amidine groups is 1. The number of benzene rings is 1. The van der Waals surface area contributed by atoms with Crippen LogP contribution < -0.4 is 10.2 Å². The van der Waals surface area contributed by atoms with Gasteiger partial charge < -0.3 is 10.2 Å². The van der Waals surface area contributed by atoms with Crippen molar-refractivity contribution in [1.82, 2.24) is 5.32 Å². The number of para-hydroxylation sites is 1. The van der Waals surface area contributed by atoms with Gasteiger partial charge in [-0.25, -0.2) is 0 Å². The van der Waals surface area contributed by atoms with E-state index in [0.29, 0.717) is 6.04 Å². The van der Waals surface area contributed by atoms with Crippen molar-refractivity contribution in [2.45, 2.75) is 18.9 Å². The molecule has 2 aliphatic heterocycles. The quantitative estimate of drug-likeness (QED) is 0.767. The number of rotatable bonds is 1. The van der Waals surface area contributed by atoms with Crippen LogP contribution in [-0.2, 0) is 6.42 Å². The van der Waals surface area contributed by atoms with E-state index in [1.54, 1.807) is 0 Å². The summed E-state index contributed by atoms with van der Waals surface area (Å²) < 4.78 is 0. The molecule has 1 aromatic rings. The number of aliphatic imine (C=N–C) groups is 1. The van der Waals surface area contributed by atoms with Gasteiger partial charge in [-0.05, 0) is 24.5 Å². The lowest BCUT2D eigenvalue weighted by Crippen LogP contribution is -2.46. The smallest absolute Gasteiger partial charge is 0.119 e. The van der Waals surface area contributed by atoms with Crippen LogP contribution in [0.3, 0.4) is 0 Å². The first-order valence-corrected chi connectivity index (χ1v) is 5.95. The summed E-state index contributed by atoms with van der Waals surface area (Å²) in [7, 11) is 2.17. The van der Waals surface area contributed by atoms with Gasteiger partial charge in [0.1, 0.15) is 5.84 Å². The summed E-state index contributed by atoms with van der Waals surface area (Å²) in [6.07, 6.45) is 2.32. The maximum Gasteiger partial charge on any atom is 0.119 e. The maximum atomic E-state index is 4.55. The fourth-order valence-corrected chi connectivity index (χ4v) is 2.68. The first-order chi connectivity index (χ1) is 7.86. The molecule has 1 atom stereocenters. The Morgan fingerprint density at radius 1 is 1.38 bits per heavy atom. The molecule has 0 aromatic heterocycles. The minimum atomic E-state index is 0.442. The summed E-state index contributed by atoms with van der Waals surface area (Å²) in [6, 6.07) is 9.11. The number of aryl methyl sites for hydroxylation is 1. The van der Waals surface area contributed by atoms with E-state index < -0.39 is 0 Å². The molecule has 3 nitrogen and oxygen atoms in total. The Bertz CT molecular complexity index is 425. The summed E-state index contributed by atoms with van der Waals surface area (Å²) >= 11 is 0. The van der Waals surface area contributed by atoms with Gasteiger partial charge >= 0.3 is 0 Å². The van der Waals surface area contributed by atoms with E-state index in [1.807, 2.05) is 0 Å². The summed E-state index contributed by atoms with van der Waals surface area (Å²) in [5.41, 5.74) is 2.81. The SMILES string of the molecule is CN1c2ccccc2CC[C@@H]1C1=NCCN1. The molecule has 0 aliphatic carbocycles. The van der Waals surface area contributed by atoms with Gasteiger partial charge in [-0.3, -0.25) is 4.99 Å². The summed E-state index contributed by atoms with van der Waals surface area (Å²) in [6.45, 7) is 1.93. The molecule has 84 valence electrons. The standard InChI is InChI=1S/C13H17N3/c1-16-11-5-3-2-4-10(11)6-7-12(16)13-14-8-9-15-13/h2-5,12H,6-9H2,1H3,(H,14,15)/t12-/m1/s1. The number of nitrogens with one attached hydrogen (secondary N) is 1. The van der Waals surface area contributed by atoms with Crippen molar-refractivity contribution in [3.05, 3.63) is 29.8 Å². The Kier molecular flexibility index (Phi) is 2.31. The molecule has 1 N–H and O–H groups in total. The van der Waals surface area contributed by atoms with E-state index in [9.17, 15) is 0 Å². The van der Waals surface area contributed by atoms with E-state index in [0.717, 1.165) is 19.5 Å². The largest absolute Gasteiger partial charge is 0.370 e. The van der Waals surface area contributed by atoms with Crippen molar-refractivity contribution in [3.63, 3.8) is 0 Å². The molecule has 16 heavy (non-hydrogen) atoms. The molecule has 0 saturated carbocycles. The third kappa shape index (κ3) is 1.47. The molecule has 3 heteroatoms. The number of fused-ring (bicyclic) bond motifs is 1. The Morgan fingerprint density at radius 3 is 3.06 bits per heavy atom. The molecule has 0 unspecified atom stereocenters. The van der Waals surface area contributed by atoms with Crippen LogP contribution >= 0.6 is 0 Å². The average Bonchev–Trinajstić information content (AvgIpc) is 2.83. The van der Waals surface area contributed by atoms with E-state index in [-0.39, 0.29) is 0 Å². The van der Waals surface area contributed by atoms with Crippen LogP contribution in [0.1, 0.15) is 12.0 Å². The predicted molar refractivity (Wildman–Crippen MR) is 67.3 cm³/mol. The van der Waals surface area contributed by atoms with Gasteiger partial charge in [-0.1, -0.05) is 18.2 Å². The number of anilines is 1. The second-order valence-corrected chi connectivity index (χ2v) is 4.49. The lowest BCUT2D eigenvalue weighted by Gasteiger charge is -2.36. The molecule has 0 saturated heterocycles. The Morgan fingerprint density at radius 2 is 2.25 bits per heavy atom. The molecule has 2 aliphatic rings. The molecular formula is C13H17N3. The molecule has 2 heterocycles. The monoisotopic (exact) mass is 215 g/mol. The maximum absolute atomic E-state index is 4.55. The van der Waals surface area contributed by atoms with Crippen molar-refractivity contribution < 1.29 is 0 Å². The zero-order valence-corrected chi connectivity index (χ0v) is 9.61. The summed E-state index contributed by atoms with van der Waals surface area (Å²) in [5.74, 6) is 1.18. The van der Waals surface area contributed by atoms with Crippen molar-refractivity contribution in [2.75, 3.05) is 25.0 Å². The lowest BCUT2D eigenvalue weighted by molar-refractivity contribution is 0.659. The second-order valence-electron chi connectivity index (χ2n) is 4.49. The normalized spacial score (nSPS) is 23.7. The van der Waals surface area contributed by atoms with E-state index >= 15 is 0 Å². The van der Waals surface area contributed by atoms with Crippen molar-refractivity contribution in [1.29, 1.82) is 0 Å². The molecule has 0 spiro atoms. The zero-order chi connectivity index (χ0) is 11.0. The minimum Gasteiger partial charge on any atom is -0.370 e. The highest BCUT2D eigenvalue weighted by Crippen LogP contribution is 2.29. The van der Waals surface area contributed by atoms with Crippen LogP contribution in [0.2, 0.25) is 0 Å². The van der Waals surface area contributed by atoms with Crippen molar-refractivity contribution >= 4 is 11.5 Å². The summed E-state index contributed by atoms with van der Waals surface area (Å²) in [4.78, 5) is 6.90. The Balaban J connectivity index is 1.91. The topological polar surface area (TPSA) is 27.6 Å². The highest BCUT2D eigenvalue weighted by Gasteiger charge is 2.28. The van der Waals surface area contributed by atoms with Gasteiger partial charge in [-0.2, -0.15) is 0 Å². The van der Waals surface area contributed by atoms with Gasteiger partial charge in [0.25, 0.3) is 0 Å². The molecule has 1 aromatic carbocycles. The van der Waals surface area contributed by atoms with Gasteiger partial charge in [0.15, 0.2) is 0 Å². The highest BCUT2D eigenvalue weighted by molar-refractivity contribution is 5.92. The number of hydrogen-bond donors (Lipinski definition) is 1. The van der Waals surface area contributed by atoms with Gasteiger partial charge in [0, 0.05) is 19.3 Å². The minimum absolute atomic E-state index is 0.442. The van der Waals surface area contributed by atoms with E-state index in [2.05, 4.69) is 46.5 Å². The van der Waals surface area contributed by atoms with Crippen molar-refractivity contribution in [2.24, 2.45) is 4.99 Å². The fourth-order valence-electron chi connectivity index (χ4n) is 2.68. The molecule has 0 bridgehead atoms. The Labute approximate surface area is 96.2 Å². The van der Waals surface area contributed by atoms with Crippen LogP contribution in [0.4, 0.5) is 5.69 Å². The van der Waals surface area contributed by atoms with Crippen molar-refractivity contribution in [3.8, 4) is 0 Å². The van der Waals surface area contributed by atoms with Crippen LogP contribution in [0, 0.1) is 0 Å². The Hall–Kier alpha value is -1.51. The molecular weight excluding hydrogens is 198 g/mol. The van der Waals surface area contributed by atoms with E-state index in [4.69, 9.17) is 0 Å². The highest BCUT2D eigenvalue weighted by atomic mass is 15.2. The third-order valence-electron chi connectivity index (χ3n) is 3.54. The summed E-state index contributed by atoms with van der Waals surface area (Å²) in [5, 5.41) is 3.40. The van der Waals surface area contributed by atoms with Gasteiger partial charge in [0.2, 0.25) is 0 Å². The molecule has 0 fully saturated rings. The first-order valence-electron chi connectivity index (χ1n) is 5.95. The third-order valence-corrected chi connectivity index (χ3v) is 3.54. The van der Waals surface area contributed by atoms with Gasteiger partial charge in [-0.15, -0.1) is 0 Å². The fraction of sp³-hybridized carbons (Fsp3) is 0.462. The zero-order valence-electron chi connectivity index (χ0n) is 9.61. The van der Waals surface area contributed by atoms with Crippen LogP contribution in [0.5, 0.6) is 0 Å². The van der Waals surface area contributed by atoms with Gasteiger partial charge in [0.05, 0.1) is 12.6 Å². The lowest BCUT2D eigenvalue weighted by atomic mass is 9.96. The number of hydrogen-bond acceptors (Lipinski definition) is 3. The first kappa shape index (κ1) is 9.70. The van der Waals surface area contributed by atoms with Crippen LogP contribution in [0.15, 0.2) is 29.3 Å². The average molecular weight is 215 g/mol. The van der Waals surface area contributed by atoms with Crippen LogP contribution in [-0.4, -0.2) is 32.0 Å². The number of likely N-dealkylation sites (N-methyl/N-ethyl adjacent to an activating group) is 1. The van der Waals surface area contributed by atoms with E-state index in [1.165, 1.54) is 23.5 Å². The molecule has 0 radical (unpaired) electrons. The molecule has 3 rings (SSSR count). The predicted octanol–water partition coefficient (Wildman–Crippen LogP) is 1.44. The number of nitrogens with zero attached hydrogens (tertiary/aromatic N) is 2. The van der Waals surface area contributed by atoms with Crippen LogP contribution in [0.25, 0.3) is 0 Å². The second kappa shape index (κ2) is 3.81.